The Labute approximate surface area is 235 Å². The van der Waals surface area contributed by atoms with Gasteiger partial charge in [0, 0.05) is 18.8 Å². The van der Waals surface area contributed by atoms with Crippen molar-refractivity contribution < 1.29 is 27.9 Å². The molecule has 1 fully saturated rings. The van der Waals surface area contributed by atoms with E-state index in [9.17, 15) is 14.0 Å². The number of carbonyl (C=O) groups is 2. The predicted octanol–water partition coefficient (Wildman–Crippen LogP) is 6.77. The molecule has 8 heteroatoms. The zero-order valence-electron chi connectivity index (χ0n) is 25.1. The minimum Gasteiger partial charge on any atom is -0.489 e. The highest BCUT2D eigenvalue weighted by Crippen LogP contribution is 2.42. The van der Waals surface area contributed by atoms with Gasteiger partial charge in [0.2, 0.25) is 0 Å². The van der Waals surface area contributed by atoms with Gasteiger partial charge in [0.1, 0.15) is 6.61 Å². The van der Waals surface area contributed by atoms with E-state index in [1.54, 1.807) is 18.2 Å². The molecule has 0 aromatic heterocycles. The van der Waals surface area contributed by atoms with Crippen molar-refractivity contribution in [1.29, 1.82) is 0 Å². The van der Waals surface area contributed by atoms with Crippen LogP contribution in [0.3, 0.4) is 0 Å². The van der Waals surface area contributed by atoms with Gasteiger partial charge >= 0.3 is 5.97 Å². The Morgan fingerprint density at radius 1 is 1.18 bits per heavy atom. The van der Waals surface area contributed by atoms with E-state index in [1.807, 2.05) is 20.0 Å². The lowest BCUT2D eigenvalue weighted by atomic mass is 9.91. The molecule has 218 valence electrons. The molecular weight excluding hydrogens is 513 g/mol. The number of carbonyl (C=O) groups excluding carboxylic acids is 2. The minimum atomic E-state index is -2.09. The molecule has 0 saturated heterocycles. The quantitative estimate of drug-likeness (QED) is 0.0889. The molecule has 1 aliphatic rings. The zero-order chi connectivity index (χ0) is 29.3. The summed E-state index contributed by atoms with van der Waals surface area (Å²) in [5.41, 5.74) is 0.299. The van der Waals surface area contributed by atoms with Crippen LogP contribution in [0.1, 0.15) is 66.2 Å². The van der Waals surface area contributed by atoms with Gasteiger partial charge in [-0.1, -0.05) is 51.1 Å². The summed E-state index contributed by atoms with van der Waals surface area (Å²) in [7, 11) is 1.15. The second kappa shape index (κ2) is 14.4. The molecule has 39 heavy (non-hydrogen) atoms. The fourth-order valence-corrected chi connectivity index (χ4v) is 5.63. The van der Waals surface area contributed by atoms with E-state index in [0.717, 1.165) is 18.4 Å². The van der Waals surface area contributed by atoms with Crippen molar-refractivity contribution in [3.63, 3.8) is 0 Å². The highest BCUT2D eigenvalue weighted by molar-refractivity contribution is 6.74. The molecule has 0 radical (unpaired) electrons. The van der Waals surface area contributed by atoms with Gasteiger partial charge in [-0.3, -0.25) is 9.59 Å². The van der Waals surface area contributed by atoms with Gasteiger partial charge in [0.15, 0.2) is 25.7 Å². The van der Waals surface area contributed by atoms with Crippen molar-refractivity contribution in [1.82, 2.24) is 5.32 Å². The monoisotopic (exact) mass is 561 g/mol. The first-order valence-corrected chi connectivity index (χ1v) is 16.8. The Hall–Kier alpha value is -2.29. The van der Waals surface area contributed by atoms with Crippen LogP contribution < -0.4 is 10.1 Å². The number of rotatable bonds is 14. The molecule has 2 rings (SSSR count). The molecule has 1 saturated carbocycles. The number of benzene rings is 1. The van der Waals surface area contributed by atoms with Gasteiger partial charge < -0.3 is 19.2 Å². The van der Waals surface area contributed by atoms with Crippen molar-refractivity contribution in [2.24, 2.45) is 5.92 Å². The molecule has 1 unspecified atom stereocenters. The second-order valence-electron chi connectivity index (χ2n) is 12.2. The fourth-order valence-electron chi connectivity index (χ4n) is 4.27. The lowest BCUT2D eigenvalue weighted by Crippen LogP contribution is -2.45. The Morgan fingerprint density at radius 3 is 2.49 bits per heavy atom. The molecular formula is C31H48FNO5Si. The van der Waals surface area contributed by atoms with Gasteiger partial charge in [-0.05, 0) is 75.5 Å². The lowest BCUT2D eigenvalue weighted by Gasteiger charge is -2.39. The summed E-state index contributed by atoms with van der Waals surface area (Å²) in [4.78, 5) is 24.7. The number of methoxy groups -OCH3 is 1. The number of hydrogen-bond donors (Lipinski definition) is 1. The van der Waals surface area contributed by atoms with Crippen LogP contribution in [0.4, 0.5) is 4.39 Å². The number of para-hydroxylation sites is 1. The maximum atomic E-state index is 14.1. The number of unbranched alkanes of at least 4 members (excludes halogenated alkanes) is 1. The van der Waals surface area contributed by atoms with Crippen molar-refractivity contribution in [2.75, 3.05) is 20.8 Å². The van der Waals surface area contributed by atoms with Gasteiger partial charge in [0.25, 0.3) is 0 Å². The van der Waals surface area contributed by atoms with Crippen LogP contribution in [0.15, 0.2) is 48.1 Å². The van der Waals surface area contributed by atoms with Crippen LogP contribution in [0.5, 0.6) is 5.75 Å². The van der Waals surface area contributed by atoms with E-state index >= 15 is 0 Å². The van der Waals surface area contributed by atoms with Crippen molar-refractivity contribution in [3.8, 4) is 5.75 Å². The molecule has 0 spiro atoms. The Bertz CT molecular complexity index is 1030. The van der Waals surface area contributed by atoms with Crippen molar-refractivity contribution >= 4 is 20.1 Å². The largest absolute Gasteiger partial charge is 0.489 e. The van der Waals surface area contributed by atoms with E-state index in [0.29, 0.717) is 25.7 Å². The van der Waals surface area contributed by atoms with Crippen LogP contribution >= 0.6 is 0 Å². The number of hydrogen-bond acceptors (Lipinski definition) is 6. The molecule has 0 bridgehead atoms. The maximum Gasteiger partial charge on any atom is 0.305 e. The number of nitrogens with one attached hydrogen (secondary N) is 1. The second-order valence-corrected chi connectivity index (χ2v) is 17.0. The highest BCUT2D eigenvalue weighted by Gasteiger charge is 2.45. The average Bonchev–Trinajstić information content (AvgIpc) is 3.16. The number of esters is 1. The SMILES string of the molecule is CNC(C)(CC=C1C(=O)C[C@H](O[Si](C)(C)C(C)(C)C)[C@@H]1CC=CCCCC(=O)OC)COc1ccccc1F. The first-order valence-electron chi connectivity index (χ1n) is 13.9. The van der Waals surface area contributed by atoms with E-state index in [-0.39, 0.29) is 41.2 Å². The molecule has 1 N–H and O–H groups in total. The fraction of sp³-hybridized carbons (Fsp3) is 0.613. The first kappa shape index (κ1) is 32.9. The summed E-state index contributed by atoms with van der Waals surface area (Å²) in [5, 5.41) is 3.33. The third-order valence-corrected chi connectivity index (χ3v) is 12.6. The molecule has 1 aromatic rings. The van der Waals surface area contributed by atoms with E-state index in [2.05, 4.69) is 51.3 Å². The summed E-state index contributed by atoms with van der Waals surface area (Å²) in [6.45, 7) is 13.3. The first-order chi connectivity index (χ1) is 18.2. The summed E-state index contributed by atoms with van der Waals surface area (Å²) < 4.78 is 31.4. The van der Waals surface area contributed by atoms with Crippen LogP contribution in [-0.4, -0.2) is 52.5 Å². The standard InChI is InChI=1S/C31H48FNO5Si/c1-30(2,3)39(7,8)38-28-21-26(34)23(24(28)15-11-9-10-12-18-29(35)36-6)19-20-31(4,33-5)22-37-27-17-14-13-16-25(27)32/h9,11,13-14,16-17,19,24,28,33H,10,12,15,18,20-22H2,1-8H3/t24-,28+,31?/m1/s1. The van der Waals surface area contributed by atoms with Gasteiger partial charge in [0.05, 0.1) is 18.8 Å². The molecule has 0 heterocycles. The average molecular weight is 562 g/mol. The summed E-state index contributed by atoms with van der Waals surface area (Å²) in [6, 6.07) is 6.36. The van der Waals surface area contributed by atoms with Gasteiger partial charge in [-0.25, -0.2) is 4.39 Å². The van der Waals surface area contributed by atoms with Crippen LogP contribution in [0.25, 0.3) is 0 Å². The number of likely N-dealkylation sites (N-methyl/N-ethyl adjacent to an activating group) is 1. The summed E-state index contributed by atoms with van der Waals surface area (Å²) in [6.07, 6.45) is 9.54. The van der Waals surface area contributed by atoms with E-state index in [4.69, 9.17) is 13.9 Å². The minimum absolute atomic E-state index is 0.0333. The summed E-state index contributed by atoms with van der Waals surface area (Å²) in [5.74, 6) is -0.316. The molecule has 0 amide bonds. The van der Waals surface area contributed by atoms with Gasteiger partial charge in [-0.15, -0.1) is 0 Å². The topological polar surface area (TPSA) is 73.9 Å². The Balaban J connectivity index is 2.20. The highest BCUT2D eigenvalue weighted by atomic mass is 28.4. The van der Waals surface area contributed by atoms with Crippen LogP contribution in [-0.2, 0) is 18.8 Å². The number of Topliss-reactive ketones (excluding diaryl/α,β-unsaturated/α-hetero) is 1. The molecule has 0 aliphatic heterocycles. The van der Waals surface area contributed by atoms with E-state index < -0.39 is 19.7 Å². The summed E-state index contributed by atoms with van der Waals surface area (Å²) >= 11 is 0. The van der Waals surface area contributed by atoms with Crippen LogP contribution in [0.2, 0.25) is 18.1 Å². The van der Waals surface area contributed by atoms with Crippen molar-refractivity contribution in [3.05, 3.63) is 53.9 Å². The van der Waals surface area contributed by atoms with Crippen molar-refractivity contribution in [2.45, 2.75) is 96.0 Å². The Kier molecular flexibility index (Phi) is 12.1. The maximum absolute atomic E-state index is 14.1. The van der Waals surface area contributed by atoms with E-state index in [1.165, 1.54) is 13.2 Å². The normalized spacial score (nSPS) is 20.9. The lowest BCUT2D eigenvalue weighted by molar-refractivity contribution is -0.140. The third-order valence-electron chi connectivity index (χ3n) is 8.10. The smallest absolute Gasteiger partial charge is 0.305 e. The third kappa shape index (κ3) is 9.69. The van der Waals surface area contributed by atoms with Crippen LogP contribution in [0, 0.1) is 11.7 Å². The number of halogens is 1. The predicted molar refractivity (Wildman–Crippen MR) is 157 cm³/mol. The number of ketones is 1. The number of allylic oxidation sites excluding steroid dienone is 2. The molecule has 1 aromatic carbocycles. The molecule has 6 nitrogen and oxygen atoms in total. The zero-order valence-corrected chi connectivity index (χ0v) is 26.1. The Morgan fingerprint density at radius 2 is 1.87 bits per heavy atom. The molecule has 1 aliphatic carbocycles. The molecule has 3 atom stereocenters. The van der Waals surface area contributed by atoms with Gasteiger partial charge in [-0.2, -0.15) is 0 Å². The number of ether oxygens (including phenoxy) is 2.